The molecular weight excluding hydrogens is 410 g/mol. The number of aliphatic hydroxyl groups is 1. The minimum absolute atomic E-state index is 0.00559. The largest absolute Gasteiger partial charge is 0.443 e. The first-order valence-electron chi connectivity index (χ1n) is 12.0. The van der Waals surface area contributed by atoms with Crippen LogP contribution < -0.4 is 5.73 Å². The van der Waals surface area contributed by atoms with E-state index in [-0.39, 0.29) is 5.41 Å². The van der Waals surface area contributed by atoms with Crippen molar-refractivity contribution in [3.8, 4) is 11.8 Å². The van der Waals surface area contributed by atoms with Crippen molar-refractivity contribution in [1.82, 2.24) is 0 Å². The van der Waals surface area contributed by atoms with Crippen molar-refractivity contribution in [2.24, 2.45) is 11.7 Å². The molecule has 4 nitrogen and oxygen atoms in total. The maximum atomic E-state index is 11.3. The van der Waals surface area contributed by atoms with Crippen molar-refractivity contribution in [2.45, 2.75) is 82.3 Å². The second kappa shape index (κ2) is 8.88. The summed E-state index contributed by atoms with van der Waals surface area (Å²) in [6.07, 6.45) is 5.20. The van der Waals surface area contributed by atoms with E-state index in [2.05, 4.69) is 60.4 Å². The van der Waals surface area contributed by atoms with Crippen molar-refractivity contribution in [3.05, 3.63) is 70.8 Å². The van der Waals surface area contributed by atoms with Crippen LogP contribution in [0.4, 0.5) is 4.79 Å². The monoisotopic (exact) mass is 445 g/mol. The zero-order valence-corrected chi connectivity index (χ0v) is 20.0. The van der Waals surface area contributed by atoms with E-state index in [1.54, 1.807) is 0 Å². The summed E-state index contributed by atoms with van der Waals surface area (Å²) in [6, 6.07) is 17.5. The fourth-order valence-electron chi connectivity index (χ4n) is 6.29. The third-order valence-electron chi connectivity index (χ3n) is 7.55. The highest BCUT2D eigenvalue weighted by Crippen LogP contribution is 2.54. The van der Waals surface area contributed by atoms with Crippen molar-refractivity contribution in [2.75, 3.05) is 0 Å². The molecule has 3 N–H and O–H groups in total. The van der Waals surface area contributed by atoms with E-state index in [1.807, 2.05) is 20.8 Å². The molecule has 174 valence electrons. The number of aryl methyl sites for hydroxylation is 1. The number of rotatable bonds is 5. The van der Waals surface area contributed by atoms with Gasteiger partial charge in [-0.1, -0.05) is 54.5 Å². The van der Waals surface area contributed by atoms with Gasteiger partial charge in [0.1, 0.15) is 11.2 Å². The SMILES string of the molecule is CC#CC1(O)CCC2(Cc3ccccc3)c3ccc(CC(C)(C)OC(N)=O)cc3CCC2C1. The van der Waals surface area contributed by atoms with Crippen LogP contribution in [-0.2, 0) is 29.4 Å². The van der Waals surface area contributed by atoms with Gasteiger partial charge in [0.2, 0.25) is 0 Å². The minimum atomic E-state index is -0.882. The summed E-state index contributed by atoms with van der Waals surface area (Å²) in [4.78, 5) is 11.3. The highest BCUT2D eigenvalue weighted by molar-refractivity contribution is 5.65. The van der Waals surface area contributed by atoms with Gasteiger partial charge < -0.3 is 15.6 Å². The van der Waals surface area contributed by atoms with Gasteiger partial charge >= 0.3 is 6.09 Å². The molecule has 2 aliphatic rings. The maximum absolute atomic E-state index is 11.3. The van der Waals surface area contributed by atoms with Crippen LogP contribution in [0.5, 0.6) is 0 Å². The van der Waals surface area contributed by atoms with Crippen molar-refractivity contribution < 1.29 is 14.6 Å². The zero-order valence-electron chi connectivity index (χ0n) is 20.0. The molecule has 3 atom stereocenters. The Kier molecular flexibility index (Phi) is 6.29. The number of benzene rings is 2. The smallest absolute Gasteiger partial charge is 0.405 e. The molecule has 0 spiro atoms. The van der Waals surface area contributed by atoms with E-state index < -0.39 is 17.3 Å². The van der Waals surface area contributed by atoms with Gasteiger partial charge in [-0.05, 0) is 87.5 Å². The second-order valence-corrected chi connectivity index (χ2v) is 10.5. The summed E-state index contributed by atoms with van der Waals surface area (Å²) in [5.41, 5.74) is 8.99. The van der Waals surface area contributed by atoms with E-state index in [0.29, 0.717) is 18.8 Å². The number of hydrogen-bond donors (Lipinski definition) is 2. The summed E-state index contributed by atoms with van der Waals surface area (Å²) in [5.74, 6) is 6.44. The van der Waals surface area contributed by atoms with Gasteiger partial charge in [-0.15, -0.1) is 5.92 Å². The van der Waals surface area contributed by atoms with Gasteiger partial charge in [0.15, 0.2) is 0 Å². The van der Waals surface area contributed by atoms with Crippen LogP contribution in [0.25, 0.3) is 0 Å². The normalized spacial score (nSPS) is 26.4. The number of carbonyl (C=O) groups excluding carboxylic acids is 1. The lowest BCUT2D eigenvalue weighted by Gasteiger charge is -2.52. The van der Waals surface area contributed by atoms with Crippen LogP contribution in [0.2, 0.25) is 0 Å². The highest BCUT2D eigenvalue weighted by atomic mass is 16.6. The Balaban J connectivity index is 1.71. The van der Waals surface area contributed by atoms with Crippen LogP contribution in [0.15, 0.2) is 48.5 Å². The molecule has 1 amide bonds. The maximum Gasteiger partial charge on any atom is 0.405 e. The lowest BCUT2D eigenvalue weighted by atomic mass is 9.52. The van der Waals surface area contributed by atoms with Crippen LogP contribution in [0.1, 0.15) is 68.7 Å². The average molecular weight is 446 g/mol. The van der Waals surface area contributed by atoms with Crippen molar-refractivity contribution in [1.29, 1.82) is 0 Å². The van der Waals surface area contributed by atoms with Crippen molar-refractivity contribution in [3.63, 3.8) is 0 Å². The first-order chi connectivity index (χ1) is 15.6. The van der Waals surface area contributed by atoms with Gasteiger partial charge in [-0.2, -0.15) is 0 Å². The molecule has 3 unspecified atom stereocenters. The fraction of sp³-hybridized carbons (Fsp3) is 0.483. The van der Waals surface area contributed by atoms with Crippen molar-refractivity contribution >= 4 is 6.09 Å². The number of fused-ring (bicyclic) bond motifs is 3. The van der Waals surface area contributed by atoms with Crippen LogP contribution in [-0.4, -0.2) is 22.4 Å². The number of primary amides is 1. The van der Waals surface area contributed by atoms with E-state index in [4.69, 9.17) is 10.5 Å². The van der Waals surface area contributed by atoms with Gasteiger partial charge in [0, 0.05) is 11.8 Å². The van der Waals surface area contributed by atoms with Crippen LogP contribution in [0.3, 0.4) is 0 Å². The summed E-state index contributed by atoms with van der Waals surface area (Å²) in [5, 5.41) is 11.2. The minimum Gasteiger partial charge on any atom is -0.443 e. The Morgan fingerprint density at radius 2 is 1.94 bits per heavy atom. The van der Waals surface area contributed by atoms with Gasteiger partial charge in [-0.25, -0.2) is 4.79 Å². The number of hydrogen-bond acceptors (Lipinski definition) is 3. The molecule has 0 aliphatic heterocycles. The predicted molar refractivity (Wildman–Crippen MR) is 131 cm³/mol. The number of carbonyl (C=O) groups is 1. The van der Waals surface area contributed by atoms with Crippen LogP contribution >= 0.6 is 0 Å². The molecule has 33 heavy (non-hydrogen) atoms. The molecule has 1 saturated carbocycles. The Morgan fingerprint density at radius 3 is 2.64 bits per heavy atom. The quantitative estimate of drug-likeness (QED) is 0.630. The molecule has 0 radical (unpaired) electrons. The molecule has 0 aromatic heterocycles. The average Bonchev–Trinajstić information content (AvgIpc) is 2.74. The molecule has 2 aromatic carbocycles. The first-order valence-corrected chi connectivity index (χ1v) is 12.0. The van der Waals surface area contributed by atoms with Gasteiger partial charge in [0.05, 0.1) is 0 Å². The third kappa shape index (κ3) is 4.94. The molecule has 1 fully saturated rings. The second-order valence-electron chi connectivity index (χ2n) is 10.5. The lowest BCUT2D eigenvalue weighted by Crippen LogP contribution is -2.50. The van der Waals surface area contributed by atoms with Gasteiger partial charge in [0.25, 0.3) is 0 Å². The molecule has 0 heterocycles. The summed E-state index contributed by atoms with van der Waals surface area (Å²) < 4.78 is 5.31. The Bertz CT molecular complexity index is 1080. The molecule has 4 rings (SSSR count). The number of ether oxygens (including phenoxy) is 1. The summed E-state index contributed by atoms with van der Waals surface area (Å²) >= 11 is 0. The Morgan fingerprint density at radius 1 is 1.18 bits per heavy atom. The summed E-state index contributed by atoms with van der Waals surface area (Å²) in [6.45, 7) is 5.59. The topological polar surface area (TPSA) is 72.6 Å². The molecule has 0 saturated heterocycles. The standard InChI is InChI=1S/C29H35NO3/c1-4-14-28(32)15-16-29(19-21-8-6-5-7-9-21)24(20-28)12-11-23-17-22(10-13-25(23)29)18-27(2,3)33-26(30)31/h5-10,13,17,24,32H,11-12,15-16,18-20H2,1-3H3,(H2,30,31). The fourth-order valence-corrected chi connectivity index (χ4v) is 6.29. The first kappa shape index (κ1) is 23.4. The third-order valence-corrected chi connectivity index (χ3v) is 7.55. The zero-order chi connectivity index (χ0) is 23.7. The van der Waals surface area contributed by atoms with E-state index in [0.717, 1.165) is 37.7 Å². The van der Waals surface area contributed by atoms with Crippen LogP contribution in [0, 0.1) is 17.8 Å². The molecule has 2 aliphatic carbocycles. The number of amides is 1. The highest BCUT2D eigenvalue weighted by Gasteiger charge is 2.51. The molecule has 0 bridgehead atoms. The lowest BCUT2D eigenvalue weighted by molar-refractivity contribution is -0.00806. The molecule has 2 aromatic rings. The van der Waals surface area contributed by atoms with Gasteiger partial charge in [-0.3, -0.25) is 0 Å². The number of nitrogens with two attached hydrogens (primary N) is 1. The van der Waals surface area contributed by atoms with E-state index in [9.17, 15) is 9.90 Å². The molecule has 4 heteroatoms. The molecular formula is C29H35NO3. The summed E-state index contributed by atoms with van der Waals surface area (Å²) in [7, 11) is 0. The Labute approximate surface area is 197 Å². The predicted octanol–water partition coefficient (Wildman–Crippen LogP) is 5.08. The van der Waals surface area contributed by atoms with E-state index in [1.165, 1.54) is 16.7 Å². The van der Waals surface area contributed by atoms with E-state index >= 15 is 0 Å². The Hall–Kier alpha value is -2.77.